The van der Waals surface area contributed by atoms with Crippen molar-refractivity contribution in [3.63, 3.8) is 0 Å². The summed E-state index contributed by atoms with van der Waals surface area (Å²) in [6.45, 7) is 0. The number of nitriles is 1. The van der Waals surface area contributed by atoms with Gasteiger partial charge in [0.25, 0.3) is 0 Å². The summed E-state index contributed by atoms with van der Waals surface area (Å²) in [6, 6.07) is 7.21. The molecule has 16 heavy (non-hydrogen) atoms. The molecule has 0 heterocycles. The Labute approximate surface area is 103 Å². The Balaban J connectivity index is 3.16. The summed E-state index contributed by atoms with van der Waals surface area (Å²) in [6.07, 6.45) is 1.57. The number of hydrogen-bond acceptors (Lipinski definition) is 3. The molecule has 0 aliphatic carbocycles. The summed E-state index contributed by atoms with van der Waals surface area (Å²) >= 11 is 3.33. The van der Waals surface area contributed by atoms with Crippen LogP contribution in [0, 0.1) is 11.3 Å². The smallest absolute Gasteiger partial charge is 0.338 e. The number of nitrogens with zero attached hydrogens (tertiary/aromatic N) is 1. The Morgan fingerprint density at radius 1 is 1.56 bits per heavy atom. The normalized spacial score (nSPS) is 9.56. The van der Waals surface area contributed by atoms with Crippen molar-refractivity contribution in [1.82, 2.24) is 0 Å². The summed E-state index contributed by atoms with van der Waals surface area (Å²) in [5.74, 6) is -0.387. The number of carbonyl (C=O) groups is 1. The Morgan fingerprint density at radius 2 is 2.31 bits per heavy atom. The van der Waals surface area contributed by atoms with Gasteiger partial charge in [-0.25, -0.2) is 4.79 Å². The molecule has 0 fully saturated rings. The van der Waals surface area contributed by atoms with E-state index in [-0.39, 0.29) is 5.97 Å². The fourth-order valence-electron chi connectivity index (χ4n) is 1.51. The summed E-state index contributed by atoms with van der Waals surface area (Å²) in [5, 5.41) is 9.82. The molecule has 0 saturated carbocycles. The number of esters is 1. The summed E-state index contributed by atoms with van der Waals surface area (Å²) in [4.78, 5) is 11.5. The van der Waals surface area contributed by atoms with Crippen LogP contribution in [0.4, 0.5) is 0 Å². The highest BCUT2D eigenvalue weighted by Gasteiger charge is 2.14. The van der Waals surface area contributed by atoms with Crippen LogP contribution in [0.25, 0.3) is 0 Å². The van der Waals surface area contributed by atoms with Gasteiger partial charge in [0.1, 0.15) is 0 Å². The van der Waals surface area contributed by atoms with Gasteiger partial charge in [-0.1, -0.05) is 22.0 Å². The highest BCUT2D eigenvalue weighted by Crippen LogP contribution is 2.17. The lowest BCUT2D eigenvalue weighted by molar-refractivity contribution is 0.0599. The van der Waals surface area contributed by atoms with Gasteiger partial charge in [-0.05, 0) is 30.5 Å². The minimum Gasteiger partial charge on any atom is -0.465 e. The number of alkyl halides is 1. The second kappa shape index (κ2) is 6.29. The highest BCUT2D eigenvalue weighted by molar-refractivity contribution is 9.09. The molecule has 0 spiro atoms. The van der Waals surface area contributed by atoms with Crippen molar-refractivity contribution in [2.24, 2.45) is 0 Å². The fraction of sp³-hybridized carbons (Fsp3) is 0.333. The average Bonchev–Trinajstić information content (AvgIpc) is 2.34. The van der Waals surface area contributed by atoms with Crippen LogP contribution >= 0.6 is 15.9 Å². The van der Waals surface area contributed by atoms with Crippen molar-refractivity contribution >= 4 is 21.9 Å². The van der Waals surface area contributed by atoms with Gasteiger partial charge in [0.05, 0.1) is 24.3 Å². The minimum absolute atomic E-state index is 0.387. The van der Waals surface area contributed by atoms with Gasteiger partial charge in [-0.3, -0.25) is 0 Å². The van der Waals surface area contributed by atoms with E-state index in [0.29, 0.717) is 17.5 Å². The zero-order chi connectivity index (χ0) is 12.0. The van der Waals surface area contributed by atoms with Gasteiger partial charge in [0.2, 0.25) is 0 Å². The van der Waals surface area contributed by atoms with Crippen LogP contribution in [0.15, 0.2) is 18.2 Å². The first kappa shape index (κ1) is 12.7. The predicted molar refractivity (Wildman–Crippen MR) is 64.6 cm³/mol. The number of rotatable bonds is 4. The topological polar surface area (TPSA) is 50.1 Å². The average molecular weight is 282 g/mol. The molecule has 1 aromatic carbocycles. The van der Waals surface area contributed by atoms with E-state index < -0.39 is 0 Å². The predicted octanol–water partition coefficient (Wildman–Crippen LogP) is 2.67. The van der Waals surface area contributed by atoms with Gasteiger partial charge in [0.15, 0.2) is 0 Å². The van der Waals surface area contributed by atoms with Crippen molar-refractivity contribution in [2.45, 2.75) is 12.8 Å². The van der Waals surface area contributed by atoms with Crippen LogP contribution in [-0.4, -0.2) is 18.4 Å². The highest BCUT2D eigenvalue weighted by atomic mass is 79.9. The van der Waals surface area contributed by atoms with Crippen molar-refractivity contribution < 1.29 is 9.53 Å². The molecule has 0 aliphatic rings. The Hall–Kier alpha value is -1.34. The summed E-state index contributed by atoms with van der Waals surface area (Å²) < 4.78 is 4.70. The number of hydrogen-bond donors (Lipinski definition) is 0. The molecule has 0 unspecified atom stereocenters. The third-order valence-corrected chi connectivity index (χ3v) is 2.82. The molecule has 3 nitrogen and oxygen atoms in total. The lowest BCUT2D eigenvalue weighted by Crippen LogP contribution is -2.07. The molecule has 84 valence electrons. The molecule has 0 atom stereocenters. The first-order chi connectivity index (χ1) is 7.74. The maximum Gasteiger partial charge on any atom is 0.338 e. The lowest BCUT2D eigenvalue weighted by atomic mass is 9.98. The second-order valence-corrected chi connectivity index (χ2v) is 4.02. The first-order valence-electron chi connectivity index (χ1n) is 4.90. The van der Waals surface area contributed by atoms with E-state index in [0.717, 1.165) is 17.3 Å². The van der Waals surface area contributed by atoms with E-state index in [1.54, 1.807) is 18.2 Å². The molecular weight excluding hydrogens is 270 g/mol. The Bertz CT molecular complexity index is 424. The minimum atomic E-state index is -0.387. The molecule has 1 rings (SSSR count). The number of benzene rings is 1. The number of ether oxygens (including phenoxy) is 1. The largest absolute Gasteiger partial charge is 0.465 e. The monoisotopic (exact) mass is 281 g/mol. The molecule has 1 aromatic rings. The molecule has 0 aromatic heterocycles. The third-order valence-electron chi connectivity index (χ3n) is 2.26. The third kappa shape index (κ3) is 2.83. The molecule has 0 radical (unpaired) electrons. The van der Waals surface area contributed by atoms with Crippen molar-refractivity contribution in [3.05, 3.63) is 34.9 Å². The maximum absolute atomic E-state index is 11.5. The van der Waals surface area contributed by atoms with Crippen molar-refractivity contribution in [1.29, 1.82) is 5.26 Å². The van der Waals surface area contributed by atoms with Crippen LogP contribution in [0.3, 0.4) is 0 Å². The summed E-state index contributed by atoms with van der Waals surface area (Å²) in [5.41, 5.74) is 1.81. The SMILES string of the molecule is COC(=O)c1cccc(C#N)c1CCCBr. The number of methoxy groups -OCH3 is 1. The van der Waals surface area contributed by atoms with Crippen LogP contribution in [0.5, 0.6) is 0 Å². The molecule has 0 bridgehead atoms. The molecule has 0 amide bonds. The van der Waals surface area contributed by atoms with Gasteiger partial charge < -0.3 is 4.74 Å². The standard InChI is InChI=1S/C12H12BrNO2/c1-16-12(15)11-5-2-4-9(8-14)10(11)6-3-7-13/h2,4-5H,3,6-7H2,1H3. The van der Waals surface area contributed by atoms with Gasteiger partial charge >= 0.3 is 5.97 Å². The van der Waals surface area contributed by atoms with Gasteiger partial charge in [-0.2, -0.15) is 5.26 Å². The van der Waals surface area contributed by atoms with Gasteiger partial charge in [0, 0.05) is 5.33 Å². The van der Waals surface area contributed by atoms with Crippen LogP contribution in [0.2, 0.25) is 0 Å². The van der Waals surface area contributed by atoms with E-state index >= 15 is 0 Å². The zero-order valence-electron chi connectivity index (χ0n) is 9.00. The van der Waals surface area contributed by atoms with E-state index in [2.05, 4.69) is 22.0 Å². The lowest BCUT2D eigenvalue weighted by Gasteiger charge is -2.08. The van der Waals surface area contributed by atoms with Crippen LogP contribution in [0.1, 0.15) is 27.9 Å². The van der Waals surface area contributed by atoms with E-state index in [1.165, 1.54) is 7.11 Å². The first-order valence-corrected chi connectivity index (χ1v) is 6.03. The van der Waals surface area contributed by atoms with E-state index in [4.69, 9.17) is 10.00 Å². The second-order valence-electron chi connectivity index (χ2n) is 3.23. The fourth-order valence-corrected chi connectivity index (χ4v) is 1.79. The van der Waals surface area contributed by atoms with E-state index in [9.17, 15) is 4.79 Å². The quantitative estimate of drug-likeness (QED) is 0.630. The molecule has 4 heteroatoms. The molecule has 0 N–H and O–H groups in total. The van der Waals surface area contributed by atoms with E-state index in [1.807, 2.05) is 0 Å². The zero-order valence-corrected chi connectivity index (χ0v) is 10.6. The van der Waals surface area contributed by atoms with Crippen molar-refractivity contribution in [3.8, 4) is 6.07 Å². The Morgan fingerprint density at radius 3 is 2.88 bits per heavy atom. The number of halogens is 1. The maximum atomic E-state index is 11.5. The molecule has 0 aliphatic heterocycles. The van der Waals surface area contributed by atoms with Gasteiger partial charge in [-0.15, -0.1) is 0 Å². The van der Waals surface area contributed by atoms with Crippen LogP contribution < -0.4 is 0 Å². The Kier molecular flexibility index (Phi) is 5.00. The number of carbonyl (C=O) groups excluding carboxylic acids is 1. The van der Waals surface area contributed by atoms with Crippen LogP contribution in [-0.2, 0) is 11.2 Å². The molecule has 0 saturated heterocycles. The van der Waals surface area contributed by atoms with Crippen molar-refractivity contribution in [2.75, 3.05) is 12.4 Å². The molecular formula is C12H12BrNO2. The summed E-state index contributed by atoms with van der Waals surface area (Å²) in [7, 11) is 1.34.